The fourth-order valence-corrected chi connectivity index (χ4v) is 3.19. The molecule has 0 aliphatic carbocycles. The summed E-state index contributed by atoms with van der Waals surface area (Å²) in [4.78, 5) is 22.3. The number of rotatable bonds is 4. The number of piperidine rings is 1. The minimum Gasteiger partial charge on any atom is -0.383 e. The molecule has 1 aliphatic rings. The topological polar surface area (TPSA) is 118 Å². The van der Waals surface area contributed by atoms with E-state index in [-0.39, 0.29) is 10.6 Å². The molecule has 0 spiro atoms. The smallest absolute Gasteiger partial charge is 0.353 e. The number of sulfonamides is 1. The van der Waals surface area contributed by atoms with Crippen molar-refractivity contribution in [1.82, 2.24) is 10.0 Å². The summed E-state index contributed by atoms with van der Waals surface area (Å²) in [7, 11) is -4.16. The second-order valence-electron chi connectivity index (χ2n) is 5.22. The average molecular weight is 339 g/mol. The number of carbonyl (C=O) groups excluding carboxylic acids is 1. The largest absolute Gasteiger partial charge is 0.383 e. The Balaban J connectivity index is 2.28. The summed E-state index contributed by atoms with van der Waals surface area (Å²) < 4.78 is 26.1. The van der Waals surface area contributed by atoms with Crippen LogP contribution in [-0.4, -0.2) is 25.8 Å². The van der Waals surface area contributed by atoms with Crippen LogP contribution in [0.2, 0.25) is 0 Å². The Labute approximate surface area is 133 Å². The molecule has 1 aliphatic heterocycles. The van der Waals surface area contributed by atoms with Gasteiger partial charge in [-0.05, 0) is 38.3 Å². The molecule has 0 aromatic heterocycles. The molecular weight excluding hydrogens is 322 g/mol. The standard InChI is InChI=1S/C14H17N3O5S/c1-10-5-7-11(8-6-10)23(21,22)16-14(18)13(17(19)20)12-4-2-3-9-15-12/h5-8,15H,2-4,9H2,1H3,(H,16,18). The predicted octanol–water partition coefficient (Wildman–Crippen LogP) is 1.06. The lowest BCUT2D eigenvalue weighted by molar-refractivity contribution is -0.420. The van der Waals surface area contributed by atoms with Gasteiger partial charge in [-0.3, -0.25) is 14.9 Å². The number of nitrogens with one attached hydrogen (secondary N) is 2. The van der Waals surface area contributed by atoms with Crippen LogP contribution in [0.1, 0.15) is 24.8 Å². The summed E-state index contributed by atoms with van der Waals surface area (Å²) in [6, 6.07) is 5.83. The number of hydrogen-bond acceptors (Lipinski definition) is 6. The van der Waals surface area contributed by atoms with E-state index in [4.69, 9.17) is 0 Å². The van der Waals surface area contributed by atoms with Gasteiger partial charge in [-0.15, -0.1) is 0 Å². The summed E-state index contributed by atoms with van der Waals surface area (Å²) in [5.74, 6) is -1.24. The van der Waals surface area contributed by atoms with E-state index in [2.05, 4.69) is 5.32 Å². The van der Waals surface area contributed by atoms with Crippen LogP contribution in [0.3, 0.4) is 0 Å². The molecule has 1 saturated heterocycles. The first kappa shape index (κ1) is 16.9. The van der Waals surface area contributed by atoms with E-state index in [0.717, 1.165) is 12.0 Å². The van der Waals surface area contributed by atoms with Crippen molar-refractivity contribution in [1.29, 1.82) is 0 Å². The zero-order valence-corrected chi connectivity index (χ0v) is 13.4. The van der Waals surface area contributed by atoms with Crippen molar-refractivity contribution in [2.75, 3.05) is 6.54 Å². The number of carbonyl (C=O) groups is 1. The van der Waals surface area contributed by atoms with Crippen molar-refractivity contribution < 1.29 is 18.1 Å². The van der Waals surface area contributed by atoms with Crippen LogP contribution >= 0.6 is 0 Å². The highest BCUT2D eigenvalue weighted by molar-refractivity contribution is 7.90. The Hall–Kier alpha value is -2.42. The Kier molecular flexibility index (Phi) is 4.99. The number of amides is 1. The molecule has 9 heteroatoms. The normalized spacial score (nSPS) is 17.1. The van der Waals surface area contributed by atoms with E-state index in [1.165, 1.54) is 12.1 Å². The van der Waals surface area contributed by atoms with Gasteiger partial charge in [-0.2, -0.15) is 0 Å². The van der Waals surface area contributed by atoms with Crippen molar-refractivity contribution in [2.24, 2.45) is 0 Å². The fraction of sp³-hybridized carbons (Fsp3) is 0.357. The van der Waals surface area contributed by atoms with Crippen LogP contribution in [0.25, 0.3) is 0 Å². The van der Waals surface area contributed by atoms with Gasteiger partial charge in [0, 0.05) is 6.54 Å². The summed E-state index contributed by atoms with van der Waals surface area (Å²) in [6.07, 6.45) is 1.89. The number of aryl methyl sites for hydroxylation is 1. The summed E-state index contributed by atoms with van der Waals surface area (Å²) in [5.41, 5.74) is 0.271. The average Bonchev–Trinajstić information content (AvgIpc) is 2.48. The zero-order valence-electron chi connectivity index (χ0n) is 12.5. The monoisotopic (exact) mass is 339 g/mol. The van der Waals surface area contributed by atoms with E-state index in [1.807, 2.05) is 0 Å². The van der Waals surface area contributed by atoms with Crippen molar-refractivity contribution in [3.05, 3.63) is 51.3 Å². The summed E-state index contributed by atoms with van der Waals surface area (Å²) >= 11 is 0. The first-order valence-electron chi connectivity index (χ1n) is 7.06. The minimum absolute atomic E-state index is 0.124. The van der Waals surface area contributed by atoms with Gasteiger partial charge in [-0.25, -0.2) is 13.1 Å². The van der Waals surface area contributed by atoms with E-state index < -0.39 is 26.6 Å². The van der Waals surface area contributed by atoms with Crippen molar-refractivity contribution >= 4 is 15.9 Å². The van der Waals surface area contributed by atoms with Gasteiger partial charge in [-0.1, -0.05) is 17.7 Å². The molecule has 1 aromatic carbocycles. The van der Waals surface area contributed by atoms with E-state index in [9.17, 15) is 23.3 Å². The van der Waals surface area contributed by atoms with Crippen LogP contribution in [0, 0.1) is 17.0 Å². The third kappa shape index (κ3) is 4.07. The van der Waals surface area contributed by atoms with Crippen LogP contribution in [0.4, 0.5) is 0 Å². The first-order chi connectivity index (χ1) is 10.8. The SMILES string of the molecule is Cc1ccc(S(=O)(=O)NC(=O)C(=C2CCCCN2)[N+](=O)[O-])cc1. The molecule has 2 N–H and O–H groups in total. The molecule has 1 amide bonds. The second-order valence-corrected chi connectivity index (χ2v) is 6.90. The number of hydrogen-bond donors (Lipinski definition) is 2. The molecule has 1 aromatic rings. The number of benzene rings is 1. The molecule has 1 heterocycles. The highest BCUT2D eigenvalue weighted by Gasteiger charge is 2.32. The Bertz CT molecular complexity index is 745. The first-order valence-corrected chi connectivity index (χ1v) is 8.55. The van der Waals surface area contributed by atoms with E-state index in [1.54, 1.807) is 23.8 Å². The maximum Gasteiger partial charge on any atom is 0.353 e. The third-order valence-corrected chi connectivity index (χ3v) is 4.78. The van der Waals surface area contributed by atoms with Gasteiger partial charge in [0.1, 0.15) is 0 Å². The van der Waals surface area contributed by atoms with Gasteiger partial charge in [0.25, 0.3) is 10.0 Å². The quantitative estimate of drug-likeness (QED) is 0.481. The lowest BCUT2D eigenvalue weighted by Crippen LogP contribution is -2.36. The Morgan fingerprint density at radius 1 is 1.26 bits per heavy atom. The molecule has 124 valence electrons. The maximum absolute atomic E-state index is 12.2. The van der Waals surface area contributed by atoms with Gasteiger partial charge < -0.3 is 5.32 Å². The van der Waals surface area contributed by atoms with Crippen molar-refractivity contribution in [2.45, 2.75) is 31.1 Å². The molecular formula is C14H17N3O5S. The summed E-state index contributed by atoms with van der Waals surface area (Å²) in [5, 5.41) is 14.0. The third-order valence-electron chi connectivity index (χ3n) is 3.43. The lowest BCUT2D eigenvalue weighted by atomic mass is 10.1. The second kappa shape index (κ2) is 6.78. The van der Waals surface area contributed by atoms with Crippen LogP contribution in [0.5, 0.6) is 0 Å². The van der Waals surface area contributed by atoms with Crippen LogP contribution < -0.4 is 10.0 Å². The maximum atomic E-state index is 12.2. The molecule has 8 nitrogen and oxygen atoms in total. The zero-order chi connectivity index (χ0) is 17.0. The molecule has 1 fully saturated rings. The lowest BCUT2D eigenvalue weighted by Gasteiger charge is -2.16. The molecule has 0 saturated carbocycles. The summed E-state index contributed by atoms with van der Waals surface area (Å²) in [6.45, 7) is 2.31. The van der Waals surface area contributed by atoms with E-state index >= 15 is 0 Å². The van der Waals surface area contributed by atoms with Gasteiger partial charge in [0.15, 0.2) is 0 Å². The van der Waals surface area contributed by atoms with Gasteiger partial charge in [0.05, 0.1) is 15.5 Å². The van der Waals surface area contributed by atoms with Crippen molar-refractivity contribution in [3.8, 4) is 0 Å². The molecule has 23 heavy (non-hydrogen) atoms. The molecule has 0 unspecified atom stereocenters. The van der Waals surface area contributed by atoms with Crippen LogP contribution in [-0.2, 0) is 14.8 Å². The minimum atomic E-state index is -4.16. The number of nitro groups is 1. The Morgan fingerprint density at radius 2 is 1.91 bits per heavy atom. The number of nitrogens with zero attached hydrogens (tertiary/aromatic N) is 1. The highest BCUT2D eigenvalue weighted by atomic mass is 32.2. The number of allylic oxidation sites excluding steroid dienone is 1. The van der Waals surface area contributed by atoms with Crippen LogP contribution in [0.15, 0.2) is 40.6 Å². The van der Waals surface area contributed by atoms with E-state index in [0.29, 0.717) is 19.4 Å². The Morgan fingerprint density at radius 3 is 2.43 bits per heavy atom. The van der Waals surface area contributed by atoms with Crippen molar-refractivity contribution in [3.63, 3.8) is 0 Å². The molecule has 0 bridgehead atoms. The predicted molar refractivity (Wildman–Crippen MR) is 82.4 cm³/mol. The van der Waals surface area contributed by atoms with Gasteiger partial charge in [0.2, 0.25) is 0 Å². The van der Waals surface area contributed by atoms with Gasteiger partial charge >= 0.3 is 11.6 Å². The highest BCUT2D eigenvalue weighted by Crippen LogP contribution is 2.17. The molecule has 2 rings (SSSR count). The molecule has 0 atom stereocenters. The molecule has 0 radical (unpaired) electrons. The fourth-order valence-electron chi connectivity index (χ4n) is 2.23.